The van der Waals surface area contributed by atoms with Crippen molar-refractivity contribution in [3.8, 4) is 6.07 Å². The van der Waals surface area contributed by atoms with Crippen molar-refractivity contribution in [3.05, 3.63) is 17.7 Å². The van der Waals surface area contributed by atoms with Gasteiger partial charge >= 0.3 is 0 Å². The van der Waals surface area contributed by atoms with E-state index in [0.717, 1.165) is 18.5 Å². The van der Waals surface area contributed by atoms with Crippen molar-refractivity contribution in [1.29, 1.82) is 5.26 Å². The van der Waals surface area contributed by atoms with Crippen molar-refractivity contribution in [2.75, 3.05) is 0 Å². The molecule has 0 radical (unpaired) electrons. The Labute approximate surface area is 116 Å². The Hall–Kier alpha value is -1.30. The van der Waals surface area contributed by atoms with Crippen LogP contribution in [0.3, 0.4) is 0 Å². The Kier molecular flexibility index (Phi) is 3.71. The Bertz CT molecular complexity index is 487. The monoisotopic (exact) mass is 259 g/mol. The lowest BCUT2D eigenvalue weighted by atomic mass is 9.68. The van der Waals surface area contributed by atoms with Gasteiger partial charge in [0, 0.05) is 5.69 Å². The molecule has 1 fully saturated rings. The fraction of sp³-hybridized carbons (Fsp3) is 0.750. The first kappa shape index (κ1) is 14.1. The molecule has 0 N–H and O–H groups in total. The average molecular weight is 259 g/mol. The van der Waals surface area contributed by atoms with Crippen molar-refractivity contribution >= 4 is 0 Å². The van der Waals surface area contributed by atoms with Crippen LogP contribution in [0.4, 0.5) is 0 Å². The van der Waals surface area contributed by atoms with Gasteiger partial charge in [-0.05, 0) is 44.4 Å². The molecule has 2 rings (SSSR count). The van der Waals surface area contributed by atoms with Gasteiger partial charge in [-0.2, -0.15) is 5.26 Å². The first-order valence-electron chi connectivity index (χ1n) is 7.24. The highest BCUT2D eigenvalue weighted by molar-refractivity contribution is 5.12. The number of nitrogens with zero attached hydrogens (tertiary/aromatic N) is 3. The molecule has 0 bridgehead atoms. The number of aromatic nitrogens is 2. The fourth-order valence-electron chi connectivity index (χ4n) is 3.24. The molecule has 0 amide bonds. The molecule has 3 atom stereocenters. The van der Waals surface area contributed by atoms with Gasteiger partial charge in [-0.3, -0.25) is 0 Å². The van der Waals surface area contributed by atoms with E-state index in [1.807, 2.05) is 13.3 Å². The van der Waals surface area contributed by atoms with Crippen LogP contribution in [0.25, 0.3) is 0 Å². The van der Waals surface area contributed by atoms with E-state index < -0.39 is 0 Å². The first-order valence-corrected chi connectivity index (χ1v) is 7.24. The van der Waals surface area contributed by atoms with Crippen LogP contribution in [-0.4, -0.2) is 9.55 Å². The van der Waals surface area contributed by atoms with Crippen molar-refractivity contribution in [2.45, 2.75) is 59.9 Å². The van der Waals surface area contributed by atoms with E-state index in [-0.39, 0.29) is 5.92 Å². The van der Waals surface area contributed by atoms with E-state index in [1.165, 1.54) is 12.1 Å². The van der Waals surface area contributed by atoms with Gasteiger partial charge in [-0.25, -0.2) is 4.98 Å². The van der Waals surface area contributed by atoms with Gasteiger partial charge in [0.2, 0.25) is 0 Å². The molecule has 0 spiro atoms. The molecule has 104 valence electrons. The van der Waals surface area contributed by atoms with E-state index in [0.29, 0.717) is 17.4 Å². The highest BCUT2D eigenvalue weighted by atomic mass is 15.1. The third-order valence-corrected chi connectivity index (χ3v) is 4.85. The quantitative estimate of drug-likeness (QED) is 0.764. The minimum Gasteiger partial charge on any atom is -0.330 e. The zero-order valence-electron chi connectivity index (χ0n) is 12.8. The summed E-state index contributed by atoms with van der Waals surface area (Å²) in [6.45, 7) is 11.1. The maximum Gasteiger partial charge on any atom is 0.0954 e. The van der Waals surface area contributed by atoms with E-state index in [2.05, 4.69) is 43.3 Å². The maximum absolute atomic E-state index is 9.43. The molecule has 1 aliphatic rings. The van der Waals surface area contributed by atoms with Gasteiger partial charge in [-0.1, -0.05) is 20.8 Å². The largest absolute Gasteiger partial charge is 0.330 e. The maximum atomic E-state index is 9.43. The number of hydrogen-bond acceptors (Lipinski definition) is 2. The van der Waals surface area contributed by atoms with Crippen LogP contribution in [0.2, 0.25) is 0 Å². The van der Waals surface area contributed by atoms with Crippen LogP contribution in [0, 0.1) is 42.4 Å². The summed E-state index contributed by atoms with van der Waals surface area (Å²) in [5.74, 6) is 0.815. The van der Waals surface area contributed by atoms with Crippen molar-refractivity contribution < 1.29 is 0 Å². The zero-order valence-corrected chi connectivity index (χ0v) is 12.8. The molecule has 1 aromatic heterocycles. The predicted octanol–water partition coefficient (Wildman–Crippen LogP) is 4.03. The average Bonchev–Trinajstić information content (AvgIpc) is 2.68. The summed E-state index contributed by atoms with van der Waals surface area (Å²) in [6, 6.07) is 2.81. The third kappa shape index (κ3) is 2.68. The molecule has 0 aliphatic heterocycles. The lowest BCUT2D eigenvalue weighted by Crippen LogP contribution is -2.33. The number of aryl methyl sites for hydroxylation is 1. The van der Waals surface area contributed by atoms with E-state index in [9.17, 15) is 5.26 Å². The Morgan fingerprint density at radius 1 is 1.32 bits per heavy atom. The van der Waals surface area contributed by atoms with Crippen molar-refractivity contribution in [1.82, 2.24) is 9.55 Å². The normalized spacial score (nSPS) is 28.1. The smallest absolute Gasteiger partial charge is 0.0954 e. The number of nitriles is 1. The summed E-state index contributed by atoms with van der Waals surface area (Å²) < 4.78 is 2.24. The fourth-order valence-corrected chi connectivity index (χ4v) is 3.24. The summed E-state index contributed by atoms with van der Waals surface area (Å²) in [5, 5.41) is 9.43. The van der Waals surface area contributed by atoms with E-state index >= 15 is 0 Å². The second-order valence-electron chi connectivity index (χ2n) is 7.00. The van der Waals surface area contributed by atoms with Crippen molar-refractivity contribution in [3.63, 3.8) is 0 Å². The van der Waals surface area contributed by atoms with Gasteiger partial charge in [-0.15, -0.1) is 0 Å². The minimum absolute atomic E-state index is 0.130. The Morgan fingerprint density at radius 3 is 2.47 bits per heavy atom. The number of hydrogen-bond donors (Lipinski definition) is 0. The molecule has 0 saturated heterocycles. The molecule has 1 aromatic rings. The van der Waals surface area contributed by atoms with Gasteiger partial charge in [0.05, 0.1) is 30.1 Å². The Balaban J connectivity index is 2.29. The molecule has 1 aliphatic carbocycles. The summed E-state index contributed by atoms with van der Waals surface area (Å²) >= 11 is 0. The summed E-state index contributed by atoms with van der Waals surface area (Å²) in [5.41, 5.74) is 2.61. The lowest BCUT2D eigenvalue weighted by molar-refractivity contribution is 0.121. The minimum atomic E-state index is 0.130. The van der Waals surface area contributed by atoms with Crippen LogP contribution in [0.1, 0.15) is 57.5 Å². The van der Waals surface area contributed by atoms with Crippen LogP contribution in [0.15, 0.2) is 6.33 Å². The van der Waals surface area contributed by atoms with E-state index in [1.54, 1.807) is 0 Å². The van der Waals surface area contributed by atoms with Gasteiger partial charge < -0.3 is 4.57 Å². The predicted molar refractivity (Wildman–Crippen MR) is 76.6 cm³/mol. The molecule has 3 unspecified atom stereocenters. The second-order valence-corrected chi connectivity index (χ2v) is 7.00. The summed E-state index contributed by atoms with van der Waals surface area (Å²) in [6.07, 6.45) is 5.20. The van der Waals surface area contributed by atoms with Crippen molar-refractivity contribution in [2.24, 2.45) is 17.3 Å². The van der Waals surface area contributed by atoms with E-state index in [4.69, 9.17) is 0 Å². The molecule has 0 aromatic carbocycles. The molecule has 1 heterocycles. The SMILES string of the molecule is Cc1ncn(C2CC(C(C)(C)C)CCC2C#N)c1C. The molecule has 3 nitrogen and oxygen atoms in total. The third-order valence-electron chi connectivity index (χ3n) is 4.85. The first-order chi connectivity index (χ1) is 8.84. The second kappa shape index (κ2) is 5.00. The molecule has 3 heteroatoms. The Morgan fingerprint density at radius 2 is 2.00 bits per heavy atom. The van der Waals surface area contributed by atoms with Gasteiger partial charge in [0.15, 0.2) is 0 Å². The van der Waals surface area contributed by atoms with Crippen LogP contribution >= 0.6 is 0 Å². The topological polar surface area (TPSA) is 41.6 Å². The van der Waals surface area contributed by atoms with Crippen LogP contribution < -0.4 is 0 Å². The highest BCUT2D eigenvalue weighted by Gasteiger charge is 2.37. The lowest BCUT2D eigenvalue weighted by Gasteiger charge is -2.40. The van der Waals surface area contributed by atoms with Crippen LogP contribution in [0.5, 0.6) is 0 Å². The van der Waals surface area contributed by atoms with Crippen LogP contribution in [-0.2, 0) is 0 Å². The summed E-state index contributed by atoms with van der Waals surface area (Å²) in [4.78, 5) is 4.40. The molecular weight excluding hydrogens is 234 g/mol. The van der Waals surface area contributed by atoms with Gasteiger partial charge in [0.25, 0.3) is 0 Å². The molecule has 1 saturated carbocycles. The zero-order chi connectivity index (χ0) is 14.2. The summed E-state index contributed by atoms with van der Waals surface area (Å²) in [7, 11) is 0. The highest BCUT2D eigenvalue weighted by Crippen LogP contribution is 2.44. The number of rotatable bonds is 1. The van der Waals surface area contributed by atoms with Gasteiger partial charge in [0.1, 0.15) is 0 Å². The molecular formula is C16H25N3. The standard InChI is InChI=1S/C16H25N3/c1-11-12(2)19(10-18-11)15-8-14(16(3,4)5)7-6-13(15)9-17/h10,13-15H,6-8H2,1-5H3. The number of imidazole rings is 1. The molecule has 19 heavy (non-hydrogen) atoms.